The summed E-state index contributed by atoms with van der Waals surface area (Å²) in [5, 5.41) is 5.56. The minimum atomic E-state index is -0.819. The fraction of sp³-hybridized carbons (Fsp3) is 0.409. The Morgan fingerprint density at radius 2 is 1.76 bits per heavy atom. The zero-order chi connectivity index (χ0) is 23.2. The van der Waals surface area contributed by atoms with Gasteiger partial charge in [0, 0.05) is 61.8 Å². The van der Waals surface area contributed by atoms with Gasteiger partial charge in [0.15, 0.2) is 0 Å². The van der Waals surface area contributed by atoms with Crippen LogP contribution >= 0.6 is 15.9 Å². The van der Waals surface area contributed by atoms with Crippen LogP contribution < -0.4 is 15.5 Å². The van der Waals surface area contributed by atoms with Gasteiger partial charge in [-0.3, -0.25) is 19.3 Å². The average molecular weight is 516 g/mol. The van der Waals surface area contributed by atoms with E-state index in [1.54, 1.807) is 30.6 Å². The van der Waals surface area contributed by atoms with Gasteiger partial charge in [-0.25, -0.2) is 9.97 Å². The molecule has 1 aromatic carbocycles. The van der Waals surface area contributed by atoms with E-state index >= 15 is 0 Å². The summed E-state index contributed by atoms with van der Waals surface area (Å²) < 4.78 is 0.904. The lowest BCUT2D eigenvalue weighted by Crippen LogP contribution is -2.60. The summed E-state index contributed by atoms with van der Waals surface area (Å²) in [6, 6.07) is 8.15. The fourth-order valence-corrected chi connectivity index (χ4v) is 4.24. The molecule has 1 atom stereocenters. The van der Waals surface area contributed by atoms with E-state index in [2.05, 4.69) is 46.3 Å². The molecule has 0 radical (unpaired) electrons. The zero-order valence-corrected chi connectivity index (χ0v) is 19.7. The van der Waals surface area contributed by atoms with E-state index in [-0.39, 0.29) is 30.7 Å². The molecule has 0 aliphatic carbocycles. The summed E-state index contributed by atoms with van der Waals surface area (Å²) >= 11 is 3.36. The van der Waals surface area contributed by atoms with Crippen molar-refractivity contribution in [2.24, 2.45) is 0 Å². The monoisotopic (exact) mass is 515 g/mol. The van der Waals surface area contributed by atoms with Crippen LogP contribution in [0.5, 0.6) is 0 Å². The number of piperazine rings is 2. The lowest BCUT2D eigenvalue weighted by molar-refractivity contribution is -0.145. The highest BCUT2D eigenvalue weighted by Gasteiger charge is 2.35. The number of carbonyl (C=O) groups is 3. The van der Waals surface area contributed by atoms with E-state index in [4.69, 9.17) is 0 Å². The summed E-state index contributed by atoms with van der Waals surface area (Å²) in [4.78, 5) is 52.4. The number of anilines is 2. The van der Waals surface area contributed by atoms with E-state index in [1.165, 1.54) is 4.90 Å². The van der Waals surface area contributed by atoms with E-state index in [0.29, 0.717) is 37.8 Å². The first-order chi connectivity index (χ1) is 16.0. The van der Waals surface area contributed by atoms with Crippen molar-refractivity contribution < 1.29 is 14.4 Å². The molecule has 2 N–H and O–H groups in total. The molecule has 33 heavy (non-hydrogen) atoms. The summed E-state index contributed by atoms with van der Waals surface area (Å²) in [7, 11) is 0. The molecule has 2 fully saturated rings. The van der Waals surface area contributed by atoms with Crippen molar-refractivity contribution in [1.29, 1.82) is 0 Å². The minimum Gasteiger partial charge on any atom is -0.353 e. The number of nitrogens with zero attached hydrogens (tertiary/aromatic N) is 5. The van der Waals surface area contributed by atoms with Gasteiger partial charge < -0.3 is 20.4 Å². The van der Waals surface area contributed by atoms with E-state index in [9.17, 15) is 14.4 Å². The molecule has 11 heteroatoms. The summed E-state index contributed by atoms with van der Waals surface area (Å²) in [6.45, 7) is 3.81. The van der Waals surface area contributed by atoms with Gasteiger partial charge in [-0.05, 0) is 30.3 Å². The van der Waals surface area contributed by atoms with Crippen LogP contribution in [0.3, 0.4) is 0 Å². The van der Waals surface area contributed by atoms with Crippen LogP contribution in [0.1, 0.15) is 6.42 Å². The molecule has 0 spiro atoms. The van der Waals surface area contributed by atoms with Gasteiger partial charge in [-0.1, -0.05) is 15.9 Å². The lowest BCUT2D eigenvalue weighted by atomic mass is 10.1. The Balaban J connectivity index is 1.32. The Morgan fingerprint density at radius 1 is 1.06 bits per heavy atom. The van der Waals surface area contributed by atoms with Gasteiger partial charge >= 0.3 is 0 Å². The zero-order valence-electron chi connectivity index (χ0n) is 18.1. The van der Waals surface area contributed by atoms with Crippen molar-refractivity contribution in [2.45, 2.75) is 12.5 Å². The van der Waals surface area contributed by atoms with E-state index < -0.39 is 6.04 Å². The Morgan fingerprint density at radius 3 is 2.45 bits per heavy atom. The maximum atomic E-state index is 13.1. The second-order valence-electron chi connectivity index (χ2n) is 7.97. The van der Waals surface area contributed by atoms with Crippen LogP contribution in [0.15, 0.2) is 47.2 Å². The number of halogens is 1. The molecule has 0 saturated carbocycles. The number of amides is 3. The van der Waals surface area contributed by atoms with E-state index in [1.807, 2.05) is 12.1 Å². The predicted molar refractivity (Wildman–Crippen MR) is 127 cm³/mol. The number of benzene rings is 1. The molecule has 2 aromatic rings. The molecule has 2 saturated heterocycles. The summed E-state index contributed by atoms with van der Waals surface area (Å²) in [5.74, 6) is -0.0658. The van der Waals surface area contributed by atoms with Crippen LogP contribution in [-0.2, 0) is 14.4 Å². The van der Waals surface area contributed by atoms with Crippen molar-refractivity contribution in [3.8, 4) is 0 Å². The molecule has 10 nitrogen and oxygen atoms in total. The third kappa shape index (κ3) is 6.05. The van der Waals surface area contributed by atoms with Crippen LogP contribution in [0.4, 0.5) is 11.6 Å². The van der Waals surface area contributed by atoms with Crippen molar-refractivity contribution in [1.82, 2.24) is 25.1 Å². The SMILES string of the molecule is O=C(C[C@@H]1C(=O)NCCN1C(=O)CN1CCN(c2ncccn2)CC1)Nc1ccc(Br)cc1. The minimum absolute atomic E-state index is 0.0905. The van der Waals surface area contributed by atoms with Crippen LogP contribution in [0.2, 0.25) is 0 Å². The van der Waals surface area contributed by atoms with Crippen molar-refractivity contribution in [2.75, 3.05) is 56.0 Å². The largest absolute Gasteiger partial charge is 0.353 e. The highest BCUT2D eigenvalue weighted by molar-refractivity contribution is 9.10. The predicted octanol–water partition coefficient (Wildman–Crippen LogP) is 0.717. The third-order valence-electron chi connectivity index (χ3n) is 5.72. The second kappa shape index (κ2) is 10.7. The molecule has 174 valence electrons. The topological polar surface area (TPSA) is 111 Å². The van der Waals surface area contributed by atoms with Crippen LogP contribution in [0.25, 0.3) is 0 Å². The average Bonchev–Trinajstić information content (AvgIpc) is 2.83. The number of hydrogen-bond donors (Lipinski definition) is 2. The van der Waals surface area contributed by atoms with Gasteiger partial charge in [0.25, 0.3) is 0 Å². The molecule has 2 aliphatic rings. The van der Waals surface area contributed by atoms with Gasteiger partial charge in [0.05, 0.1) is 13.0 Å². The normalized spacial score (nSPS) is 19.2. The molecule has 2 aliphatic heterocycles. The standard InChI is InChI=1S/C22H26BrN7O3/c23-16-2-4-17(5-3-16)27-19(31)14-18-21(33)24-8-9-30(18)20(32)15-28-10-12-29(13-11-28)22-25-6-1-7-26-22/h1-7,18H,8-15H2,(H,24,33)(H,27,31)/t18-/m1/s1. The number of nitrogens with one attached hydrogen (secondary N) is 2. The third-order valence-corrected chi connectivity index (χ3v) is 6.25. The van der Waals surface area contributed by atoms with Gasteiger partial charge in [0.2, 0.25) is 23.7 Å². The Labute approximate surface area is 200 Å². The highest BCUT2D eigenvalue weighted by Crippen LogP contribution is 2.17. The van der Waals surface area contributed by atoms with E-state index in [0.717, 1.165) is 17.6 Å². The number of hydrogen-bond acceptors (Lipinski definition) is 7. The van der Waals surface area contributed by atoms with Gasteiger partial charge in [-0.15, -0.1) is 0 Å². The van der Waals surface area contributed by atoms with Crippen LogP contribution in [-0.4, -0.2) is 89.3 Å². The number of rotatable bonds is 6. The first-order valence-corrected chi connectivity index (χ1v) is 11.7. The van der Waals surface area contributed by atoms with Gasteiger partial charge in [-0.2, -0.15) is 0 Å². The quantitative estimate of drug-likeness (QED) is 0.582. The molecule has 1 aromatic heterocycles. The molecule has 3 amide bonds. The first kappa shape index (κ1) is 23.1. The molecule has 3 heterocycles. The molecule has 4 rings (SSSR count). The maximum absolute atomic E-state index is 13.1. The van der Waals surface area contributed by atoms with Gasteiger partial charge in [0.1, 0.15) is 6.04 Å². The second-order valence-corrected chi connectivity index (χ2v) is 8.88. The summed E-state index contributed by atoms with van der Waals surface area (Å²) in [5.41, 5.74) is 0.637. The van der Waals surface area contributed by atoms with Crippen molar-refractivity contribution >= 4 is 45.3 Å². The van der Waals surface area contributed by atoms with Crippen LogP contribution in [0, 0.1) is 0 Å². The Kier molecular flexibility index (Phi) is 7.50. The van der Waals surface area contributed by atoms with Crippen molar-refractivity contribution in [3.63, 3.8) is 0 Å². The molecule has 0 unspecified atom stereocenters. The number of carbonyl (C=O) groups excluding carboxylic acids is 3. The fourth-order valence-electron chi connectivity index (χ4n) is 3.98. The Bertz CT molecular complexity index is 981. The molecule has 0 bridgehead atoms. The highest BCUT2D eigenvalue weighted by atomic mass is 79.9. The maximum Gasteiger partial charge on any atom is 0.243 e. The smallest absolute Gasteiger partial charge is 0.243 e. The molecular formula is C22H26BrN7O3. The molecular weight excluding hydrogens is 490 g/mol. The number of aromatic nitrogens is 2. The van der Waals surface area contributed by atoms with Crippen molar-refractivity contribution in [3.05, 3.63) is 47.2 Å². The lowest BCUT2D eigenvalue weighted by Gasteiger charge is -2.38. The Hall–Kier alpha value is -3.05. The summed E-state index contributed by atoms with van der Waals surface area (Å²) in [6.07, 6.45) is 3.34. The first-order valence-electron chi connectivity index (χ1n) is 10.9.